The van der Waals surface area contributed by atoms with Crippen molar-refractivity contribution in [3.8, 4) is 11.5 Å². The molecule has 0 unspecified atom stereocenters. The summed E-state index contributed by atoms with van der Waals surface area (Å²) in [7, 11) is 1.61. The van der Waals surface area contributed by atoms with Crippen LogP contribution in [0.25, 0.3) is 0 Å². The first-order valence-electron chi connectivity index (χ1n) is 5.81. The van der Waals surface area contributed by atoms with Crippen LogP contribution >= 0.6 is 15.9 Å². The van der Waals surface area contributed by atoms with Crippen LogP contribution in [0, 0.1) is 12.7 Å². The van der Waals surface area contributed by atoms with Gasteiger partial charge in [-0.05, 0) is 42.8 Å². The average Bonchev–Trinajstić information content (AvgIpc) is 2.41. The maximum atomic E-state index is 13.6. The molecule has 2 rings (SSSR count). The number of hydrogen-bond acceptors (Lipinski definition) is 2. The summed E-state index contributed by atoms with van der Waals surface area (Å²) in [6.45, 7) is 2.17. The summed E-state index contributed by atoms with van der Waals surface area (Å²) in [6.07, 6.45) is 0. The fourth-order valence-electron chi connectivity index (χ4n) is 1.67. The van der Waals surface area contributed by atoms with Gasteiger partial charge in [-0.25, -0.2) is 4.39 Å². The molecule has 100 valence electrons. The topological polar surface area (TPSA) is 18.5 Å². The minimum atomic E-state index is -0.357. The lowest BCUT2D eigenvalue weighted by Crippen LogP contribution is -1.99. The molecule has 0 aliphatic rings. The zero-order chi connectivity index (χ0) is 13.8. The summed E-state index contributed by atoms with van der Waals surface area (Å²) < 4.78 is 25.1. The van der Waals surface area contributed by atoms with Crippen molar-refractivity contribution in [3.63, 3.8) is 0 Å². The van der Waals surface area contributed by atoms with Crippen molar-refractivity contribution in [2.24, 2.45) is 0 Å². The molecule has 0 saturated carbocycles. The van der Waals surface area contributed by atoms with Crippen molar-refractivity contribution in [1.29, 1.82) is 0 Å². The van der Waals surface area contributed by atoms with Gasteiger partial charge in [-0.2, -0.15) is 0 Å². The van der Waals surface area contributed by atoms with Crippen LogP contribution in [0.1, 0.15) is 11.1 Å². The number of hydrogen-bond donors (Lipinski definition) is 0. The van der Waals surface area contributed by atoms with Gasteiger partial charge in [-0.3, -0.25) is 0 Å². The normalized spacial score (nSPS) is 10.3. The molecule has 0 radical (unpaired) electrons. The Morgan fingerprint density at radius 1 is 1.16 bits per heavy atom. The van der Waals surface area contributed by atoms with Gasteiger partial charge in [0.15, 0.2) is 11.6 Å². The molecule has 0 fully saturated rings. The van der Waals surface area contributed by atoms with Crippen molar-refractivity contribution in [2.75, 3.05) is 7.11 Å². The molecule has 4 heteroatoms. The zero-order valence-electron chi connectivity index (χ0n) is 10.7. The third-order valence-electron chi connectivity index (χ3n) is 2.72. The van der Waals surface area contributed by atoms with E-state index in [1.54, 1.807) is 19.2 Å². The quantitative estimate of drug-likeness (QED) is 0.825. The van der Waals surface area contributed by atoms with E-state index < -0.39 is 0 Å². The minimum absolute atomic E-state index is 0.259. The average molecular weight is 325 g/mol. The first-order chi connectivity index (χ1) is 9.10. The van der Waals surface area contributed by atoms with Gasteiger partial charge in [0.1, 0.15) is 12.4 Å². The number of benzene rings is 2. The van der Waals surface area contributed by atoms with Crippen molar-refractivity contribution in [3.05, 3.63) is 57.8 Å². The van der Waals surface area contributed by atoms with E-state index in [2.05, 4.69) is 15.9 Å². The predicted molar refractivity (Wildman–Crippen MR) is 76.2 cm³/mol. The van der Waals surface area contributed by atoms with Crippen LogP contribution in [-0.2, 0) is 6.61 Å². The Kier molecular flexibility index (Phi) is 4.43. The van der Waals surface area contributed by atoms with Crippen LogP contribution in [-0.4, -0.2) is 7.11 Å². The van der Waals surface area contributed by atoms with Gasteiger partial charge in [0.2, 0.25) is 0 Å². The highest BCUT2D eigenvalue weighted by Crippen LogP contribution is 2.25. The summed E-state index contributed by atoms with van der Waals surface area (Å²) in [5, 5.41) is 0. The van der Waals surface area contributed by atoms with Crippen molar-refractivity contribution < 1.29 is 13.9 Å². The Morgan fingerprint density at radius 2 is 1.95 bits per heavy atom. The Bertz CT molecular complexity index is 584. The molecule has 2 aromatic rings. The Balaban J connectivity index is 2.16. The summed E-state index contributed by atoms with van der Waals surface area (Å²) in [5.74, 6) is 0.644. The molecule has 2 aromatic carbocycles. The Labute approximate surface area is 120 Å². The standard InChI is InChI=1S/C15H14BrFO2/c1-10-3-6-14(17)15(7-10)19-9-11-8-12(18-2)4-5-13(11)16/h3-8H,9H2,1-2H3. The highest BCUT2D eigenvalue weighted by Gasteiger charge is 2.07. The molecule has 0 amide bonds. The molecule has 0 N–H and O–H groups in total. The molecule has 0 heterocycles. The van der Waals surface area contributed by atoms with Gasteiger partial charge < -0.3 is 9.47 Å². The number of halogens is 2. The third kappa shape index (κ3) is 3.47. The van der Waals surface area contributed by atoms with E-state index in [9.17, 15) is 4.39 Å². The van der Waals surface area contributed by atoms with E-state index in [-0.39, 0.29) is 18.2 Å². The molecule has 0 spiro atoms. The summed E-state index contributed by atoms with van der Waals surface area (Å²) in [5.41, 5.74) is 1.86. The van der Waals surface area contributed by atoms with Crippen LogP contribution in [0.2, 0.25) is 0 Å². The molecule has 2 nitrogen and oxygen atoms in total. The third-order valence-corrected chi connectivity index (χ3v) is 3.50. The van der Waals surface area contributed by atoms with Crippen LogP contribution in [0.3, 0.4) is 0 Å². The Morgan fingerprint density at radius 3 is 2.68 bits per heavy atom. The highest BCUT2D eigenvalue weighted by molar-refractivity contribution is 9.10. The summed E-state index contributed by atoms with van der Waals surface area (Å²) >= 11 is 3.44. The van der Waals surface area contributed by atoms with E-state index in [0.29, 0.717) is 0 Å². The van der Waals surface area contributed by atoms with E-state index in [1.165, 1.54) is 6.07 Å². The van der Waals surface area contributed by atoms with Crippen LogP contribution < -0.4 is 9.47 Å². The van der Waals surface area contributed by atoms with Crippen molar-refractivity contribution >= 4 is 15.9 Å². The lowest BCUT2D eigenvalue weighted by molar-refractivity contribution is 0.288. The molecule has 0 bridgehead atoms. The minimum Gasteiger partial charge on any atom is -0.497 e. The van der Waals surface area contributed by atoms with Crippen LogP contribution in [0.5, 0.6) is 11.5 Å². The van der Waals surface area contributed by atoms with E-state index in [0.717, 1.165) is 21.3 Å². The summed E-state index contributed by atoms with van der Waals surface area (Å²) in [4.78, 5) is 0. The second-order valence-corrected chi connectivity index (χ2v) is 5.03. The predicted octanol–water partition coefficient (Wildman–Crippen LogP) is 4.48. The molecular weight excluding hydrogens is 311 g/mol. The number of ether oxygens (including phenoxy) is 2. The summed E-state index contributed by atoms with van der Waals surface area (Å²) in [6, 6.07) is 10.4. The van der Waals surface area contributed by atoms with Gasteiger partial charge in [-0.1, -0.05) is 22.0 Å². The number of methoxy groups -OCH3 is 1. The van der Waals surface area contributed by atoms with Gasteiger partial charge in [-0.15, -0.1) is 0 Å². The molecule has 0 aliphatic carbocycles. The van der Waals surface area contributed by atoms with Gasteiger partial charge in [0.05, 0.1) is 7.11 Å². The van der Waals surface area contributed by atoms with E-state index in [4.69, 9.17) is 9.47 Å². The Hall–Kier alpha value is -1.55. The van der Waals surface area contributed by atoms with Crippen molar-refractivity contribution in [2.45, 2.75) is 13.5 Å². The van der Waals surface area contributed by atoms with Crippen LogP contribution in [0.4, 0.5) is 4.39 Å². The van der Waals surface area contributed by atoms with Gasteiger partial charge in [0, 0.05) is 10.0 Å². The number of rotatable bonds is 4. The van der Waals surface area contributed by atoms with E-state index in [1.807, 2.05) is 25.1 Å². The smallest absolute Gasteiger partial charge is 0.165 e. The lowest BCUT2D eigenvalue weighted by Gasteiger charge is -2.10. The fraction of sp³-hybridized carbons (Fsp3) is 0.200. The first kappa shape index (κ1) is 13.9. The van der Waals surface area contributed by atoms with Gasteiger partial charge >= 0.3 is 0 Å². The van der Waals surface area contributed by atoms with Crippen LogP contribution in [0.15, 0.2) is 40.9 Å². The fourth-order valence-corrected chi connectivity index (χ4v) is 2.03. The molecule has 0 saturated heterocycles. The molecular formula is C15H14BrFO2. The second kappa shape index (κ2) is 6.06. The monoisotopic (exact) mass is 324 g/mol. The molecule has 0 aliphatic heterocycles. The maximum Gasteiger partial charge on any atom is 0.165 e. The van der Waals surface area contributed by atoms with Crippen molar-refractivity contribution in [1.82, 2.24) is 0 Å². The van der Waals surface area contributed by atoms with E-state index >= 15 is 0 Å². The zero-order valence-corrected chi connectivity index (χ0v) is 12.3. The largest absolute Gasteiger partial charge is 0.497 e. The SMILES string of the molecule is COc1ccc(Br)c(COc2cc(C)ccc2F)c1. The maximum absolute atomic E-state index is 13.6. The number of aryl methyl sites for hydroxylation is 1. The highest BCUT2D eigenvalue weighted by atomic mass is 79.9. The lowest BCUT2D eigenvalue weighted by atomic mass is 10.2. The van der Waals surface area contributed by atoms with Gasteiger partial charge in [0.25, 0.3) is 0 Å². The molecule has 0 atom stereocenters. The molecule has 19 heavy (non-hydrogen) atoms. The molecule has 0 aromatic heterocycles. The second-order valence-electron chi connectivity index (χ2n) is 4.18. The first-order valence-corrected chi connectivity index (χ1v) is 6.61.